The molecule has 0 aliphatic heterocycles. The zero-order valence-corrected chi connectivity index (χ0v) is 16.4. The minimum atomic E-state index is 0.00497. The van der Waals surface area contributed by atoms with Crippen LogP contribution >= 0.6 is 11.3 Å². The smallest absolute Gasteiger partial charge is 0.223 e. The first-order chi connectivity index (χ1) is 13.1. The Balaban J connectivity index is 1.34. The predicted molar refractivity (Wildman–Crippen MR) is 102 cm³/mol. The van der Waals surface area contributed by atoms with Gasteiger partial charge in [0.25, 0.3) is 0 Å². The largest absolute Gasteiger partial charge is 0.361 e. The molecule has 4 rings (SSSR count). The van der Waals surface area contributed by atoms with Gasteiger partial charge in [0.1, 0.15) is 10.8 Å². The van der Waals surface area contributed by atoms with Crippen LogP contribution in [0.2, 0.25) is 0 Å². The van der Waals surface area contributed by atoms with E-state index in [9.17, 15) is 4.79 Å². The zero-order valence-electron chi connectivity index (χ0n) is 15.6. The van der Waals surface area contributed by atoms with E-state index in [0.717, 1.165) is 53.5 Å². The van der Waals surface area contributed by atoms with Gasteiger partial charge in [-0.3, -0.25) is 4.79 Å². The number of aromatic nitrogens is 4. The summed E-state index contributed by atoms with van der Waals surface area (Å²) in [6, 6.07) is 0. The lowest BCUT2D eigenvalue weighted by molar-refractivity contribution is -0.125. The van der Waals surface area contributed by atoms with E-state index < -0.39 is 0 Å². The lowest BCUT2D eigenvalue weighted by atomic mass is 9.90. The number of rotatable bonds is 6. The summed E-state index contributed by atoms with van der Waals surface area (Å²) in [6.07, 6.45) is 8.89. The van der Waals surface area contributed by atoms with Crippen molar-refractivity contribution in [2.24, 2.45) is 5.92 Å². The van der Waals surface area contributed by atoms with Crippen LogP contribution < -0.4 is 5.32 Å². The molecule has 3 heterocycles. The summed E-state index contributed by atoms with van der Waals surface area (Å²) in [6.45, 7) is 5.39. The van der Waals surface area contributed by atoms with Crippen LogP contribution in [0.3, 0.4) is 0 Å². The molecule has 0 radical (unpaired) electrons. The maximum absolute atomic E-state index is 12.5. The third-order valence-corrected chi connectivity index (χ3v) is 6.18. The second-order valence-corrected chi connectivity index (χ2v) is 8.06. The molecule has 8 heteroatoms. The van der Waals surface area contributed by atoms with Crippen molar-refractivity contribution in [3.05, 3.63) is 40.7 Å². The van der Waals surface area contributed by atoms with Crippen molar-refractivity contribution < 1.29 is 9.32 Å². The molecule has 1 aliphatic carbocycles. The second-order valence-electron chi connectivity index (χ2n) is 6.97. The Morgan fingerprint density at radius 3 is 3.07 bits per heavy atom. The molecule has 0 aromatic carbocycles. The van der Waals surface area contributed by atoms with Crippen molar-refractivity contribution in [1.82, 2.24) is 25.0 Å². The number of hydrogen-bond acceptors (Lipinski definition) is 6. The maximum atomic E-state index is 12.5. The molecule has 1 atom stereocenters. The summed E-state index contributed by atoms with van der Waals surface area (Å²) in [5, 5.41) is 8.06. The molecule has 1 N–H and O–H groups in total. The first kappa shape index (κ1) is 17.9. The van der Waals surface area contributed by atoms with Crippen LogP contribution in [0.25, 0.3) is 10.6 Å². The van der Waals surface area contributed by atoms with Gasteiger partial charge in [0, 0.05) is 42.7 Å². The van der Waals surface area contributed by atoms with Gasteiger partial charge in [-0.1, -0.05) is 5.16 Å². The van der Waals surface area contributed by atoms with Crippen LogP contribution in [-0.4, -0.2) is 32.1 Å². The fourth-order valence-corrected chi connectivity index (χ4v) is 4.78. The standard InChI is InChI=1S/C19H23N5O2S/c1-12-17(13(2)26-23-12)19-22-15-10-14(4-5-16(15)27-19)18(25)21-6-3-8-24-9-7-20-11-24/h7,9,11,14H,3-6,8,10H2,1-2H3,(H,21,25). The molecule has 142 valence electrons. The van der Waals surface area contributed by atoms with Gasteiger partial charge in [0.05, 0.1) is 23.3 Å². The van der Waals surface area contributed by atoms with Crippen molar-refractivity contribution in [3.63, 3.8) is 0 Å². The van der Waals surface area contributed by atoms with E-state index >= 15 is 0 Å². The van der Waals surface area contributed by atoms with E-state index in [1.807, 2.05) is 24.6 Å². The van der Waals surface area contributed by atoms with Gasteiger partial charge in [-0.25, -0.2) is 9.97 Å². The number of nitrogens with one attached hydrogen (secondary N) is 1. The first-order valence-electron chi connectivity index (χ1n) is 9.27. The van der Waals surface area contributed by atoms with Gasteiger partial charge < -0.3 is 14.4 Å². The predicted octanol–water partition coefficient (Wildman–Crippen LogP) is 2.92. The fourth-order valence-electron chi connectivity index (χ4n) is 3.53. The van der Waals surface area contributed by atoms with E-state index in [1.54, 1.807) is 23.9 Å². The highest BCUT2D eigenvalue weighted by atomic mass is 32.1. The molecule has 0 spiro atoms. The SMILES string of the molecule is Cc1noc(C)c1-c1nc2c(s1)CCC(C(=O)NCCCn1ccnc1)C2. The number of thiazole rings is 1. The van der Waals surface area contributed by atoms with Gasteiger partial charge in [0.15, 0.2) is 0 Å². The third kappa shape index (κ3) is 3.80. The first-order valence-corrected chi connectivity index (χ1v) is 10.1. The number of imidazole rings is 1. The summed E-state index contributed by atoms with van der Waals surface area (Å²) in [4.78, 5) is 22.6. The Morgan fingerprint density at radius 2 is 2.33 bits per heavy atom. The highest BCUT2D eigenvalue weighted by Gasteiger charge is 2.28. The van der Waals surface area contributed by atoms with E-state index in [2.05, 4.69) is 15.5 Å². The highest BCUT2D eigenvalue weighted by molar-refractivity contribution is 7.15. The molecule has 0 bridgehead atoms. The maximum Gasteiger partial charge on any atom is 0.223 e. The number of fused-ring (bicyclic) bond motifs is 1. The normalized spacial score (nSPS) is 16.3. The van der Waals surface area contributed by atoms with Crippen LogP contribution in [-0.2, 0) is 24.2 Å². The van der Waals surface area contributed by atoms with Gasteiger partial charge in [-0.05, 0) is 33.1 Å². The van der Waals surface area contributed by atoms with Crippen LogP contribution in [0.4, 0.5) is 0 Å². The van der Waals surface area contributed by atoms with E-state index in [4.69, 9.17) is 9.51 Å². The average Bonchev–Trinajstić information content (AvgIpc) is 3.38. The third-order valence-electron chi connectivity index (χ3n) is 5.01. The van der Waals surface area contributed by atoms with Crippen LogP contribution in [0.15, 0.2) is 23.2 Å². The molecule has 1 aliphatic rings. The Kier molecular flexibility index (Phi) is 5.07. The van der Waals surface area contributed by atoms with Gasteiger partial charge >= 0.3 is 0 Å². The van der Waals surface area contributed by atoms with Crippen molar-refractivity contribution >= 4 is 17.2 Å². The van der Waals surface area contributed by atoms with Crippen LogP contribution in [0.1, 0.15) is 34.9 Å². The van der Waals surface area contributed by atoms with Crippen LogP contribution in [0, 0.1) is 19.8 Å². The Labute approximate surface area is 161 Å². The molecular weight excluding hydrogens is 362 g/mol. The second kappa shape index (κ2) is 7.64. The monoisotopic (exact) mass is 385 g/mol. The Hall–Kier alpha value is -2.48. The van der Waals surface area contributed by atoms with Crippen LogP contribution in [0.5, 0.6) is 0 Å². The summed E-state index contributed by atoms with van der Waals surface area (Å²) in [5.74, 6) is 0.939. The van der Waals surface area contributed by atoms with Crippen molar-refractivity contribution in [2.75, 3.05) is 6.54 Å². The van der Waals surface area contributed by atoms with Crippen molar-refractivity contribution in [1.29, 1.82) is 0 Å². The minimum Gasteiger partial charge on any atom is -0.361 e. The highest BCUT2D eigenvalue weighted by Crippen LogP contribution is 2.36. The number of hydrogen-bond donors (Lipinski definition) is 1. The number of carbonyl (C=O) groups is 1. The minimum absolute atomic E-state index is 0.00497. The molecule has 3 aromatic heterocycles. The molecule has 0 fully saturated rings. The number of aryl methyl sites for hydroxylation is 4. The summed E-state index contributed by atoms with van der Waals surface area (Å²) in [7, 11) is 0. The topological polar surface area (TPSA) is 85.8 Å². The molecule has 1 unspecified atom stereocenters. The molecule has 1 amide bonds. The van der Waals surface area contributed by atoms with Gasteiger partial charge in [-0.2, -0.15) is 0 Å². The number of nitrogens with zero attached hydrogens (tertiary/aromatic N) is 4. The molecule has 27 heavy (non-hydrogen) atoms. The molecule has 3 aromatic rings. The Morgan fingerprint density at radius 1 is 1.44 bits per heavy atom. The fraction of sp³-hybridized carbons (Fsp3) is 0.474. The lowest BCUT2D eigenvalue weighted by Gasteiger charge is -2.20. The van der Waals surface area contributed by atoms with Crippen molar-refractivity contribution in [3.8, 4) is 10.6 Å². The number of carbonyl (C=O) groups excluding carboxylic acids is 1. The lowest BCUT2D eigenvalue weighted by Crippen LogP contribution is -2.34. The summed E-state index contributed by atoms with van der Waals surface area (Å²) >= 11 is 1.70. The molecule has 0 saturated carbocycles. The number of amides is 1. The zero-order chi connectivity index (χ0) is 18.8. The Bertz CT molecular complexity index is 909. The van der Waals surface area contributed by atoms with E-state index in [0.29, 0.717) is 13.0 Å². The van der Waals surface area contributed by atoms with E-state index in [1.165, 1.54) is 4.88 Å². The molecule has 7 nitrogen and oxygen atoms in total. The summed E-state index contributed by atoms with van der Waals surface area (Å²) in [5.41, 5.74) is 2.92. The quantitative estimate of drug-likeness (QED) is 0.660. The van der Waals surface area contributed by atoms with Crippen molar-refractivity contribution in [2.45, 2.75) is 46.1 Å². The van der Waals surface area contributed by atoms with E-state index in [-0.39, 0.29) is 11.8 Å². The van der Waals surface area contributed by atoms with Gasteiger partial charge in [-0.15, -0.1) is 11.3 Å². The molecular formula is C19H23N5O2S. The average molecular weight is 385 g/mol. The summed E-state index contributed by atoms with van der Waals surface area (Å²) < 4.78 is 7.29. The van der Waals surface area contributed by atoms with Gasteiger partial charge in [0.2, 0.25) is 5.91 Å². The molecule has 0 saturated heterocycles.